The van der Waals surface area contributed by atoms with Crippen molar-refractivity contribution in [1.82, 2.24) is 15.3 Å². The van der Waals surface area contributed by atoms with Crippen molar-refractivity contribution in [2.75, 3.05) is 18.0 Å². The SMILES string of the molecule is CCCCNC(=O)CSc1nccnc1N. The maximum Gasteiger partial charge on any atom is 0.230 e. The number of carbonyl (C=O) groups is 1. The second-order valence-electron chi connectivity index (χ2n) is 3.24. The highest BCUT2D eigenvalue weighted by molar-refractivity contribution is 8.00. The summed E-state index contributed by atoms with van der Waals surface area (Å²) in [5.74, 6) is 0.699. The number of thioether (sulfide) groups is 1. The number of amides is 1. The van der Waals surface area contributed by atoms with Crippen LogP contribution in [0.5, 0.6) is 0 Å². The van der Waals surface area contributed by atoms with Crippen molar-refractivity contribution in [3.8, 4) is 0 Å². The van der Waals surface area contributed by atoms with Crippen LogP contribution < -0.4 is 11.1 Å². The summed E-state index contributed by atoms with van der Waals surface area (Å²) < 4.78 is 0. The topological polar surface area (TPSA) is 80.9 Å². The molecule has 0 spiro atoms. The molecule has 88 valence electrons. The first kappa shape index (κ1) is 12.8. The van der Waals surface area contributed by atoms with Crippen molar-refractivity contribution in [3.05, 3.63) is 12.4 Å². The summed E-state index contributed by atoms with van der Waals surface area (Å²) in [6, 6.07) is 0. The highest BCUT2D eigenvalue weighted by Gasteiger charge is 2.05. The molecule has 0 saturated carbocycles. The molecular weight excluding hydrogens is 224 g/mol. The number of hydrogen-bond donors (Lipinski definition) is 2. The molecule has 0 bridgehead atoms. The number of unbranched alkanes of at least 4 members (excludes halogenated alkanes) is 1. The van der Waals surface area contributed by atoms with Crippen molar-refractivity contribution >= 4 is 23.5 Å². The van der Waals surface area contributed by atoms with Crippen molar-refractivity contribution in [3.63, 3.8) is 0 Å². The molecule has 0 aliphatic heterocycles. The van der Waals surface area contributed by atoms with E-state index in [1.165, 1.54) is 18.0 Å². The number of aromatic nitrogens is 2. The average Bonchev–Trinajstić information content (AvgIpc) is 2.28. The third kappa shape index (κ3) is 4.48. The zero-order valence-corrected chi connectivity index (χ0v) is 10.1. The third-order valence-electron chi connectivity index (χ3n) is 1.88. The van der Waals surface area contributed by atoms with Gasteiger partial charge in [0.25, 0.3) is 0 Å². The van der Waals surface area contributed by atoms with Crippen molar-refractivity contribution < 1.29 is 4.79 Å². The smallest absolute Gasteiger partial charge is 0.230 e. The lowest BCUT2D eigenvalue weighted by molar-refractivity contribution is -0.118. The second kappa shape index (κ2) is 7.05. The first-order chi connectivity index (χ1) is 7.74. The fraction of sp³-hybridized carbons (Fsp3) is 0.500. The molecule has 0 saturated heterocycles. The third-order valence-corrected chi connectivity index (χ3v) is 2.88. The van der Waals surface area contributed by atoms with E-state index in [1.807, 2.05) is 0 Å². The number of nitrogens with two attached hydrogens (primary N) is 1. The Hall–Kier alpha value is -1.30. The second-order valence-corrected chi connectivity index (χ2v) is 4.20. The van der Waals surface area contributed by atoms with E-state index in [4.69, 9.17) is 5.73 Å². The summed E-state index contributed by atoms with van der Waals surface area (Å²) in [5.41, 5.74) is 5.60. The molecule has 3 N–H and O–H groups in total. The van der Waals surface area contributed by atoms with Gasteiger partial charge < -0.3 is 11.1 Å². The lowest BCUT2D eigenvalue weighted by Gasteiger charge is -2.04. The summed E-state index contributed by atoms with van der Waals surface area (Å²) in [7, 11) is 0. The molecule has 1 amide bonds. The van der Waals surface area contributed by atoms with Gasteiger partial charge in [0, 0.05) is 18.9 Å². The molecule has 1 heterocycles. The van der Waals surface area contributed by atoms with Gasteiger partial charge in [0.15, 0.2) is 5.82 Å². The minimum Gasteiger partial charge on any atom is -0.381 e. The van der Waals surface area contributed by atoms with Crippen LogP contribution in [0, 0.1) is 0 Å². The first-order valence-corrected chi connectivity index (χ1v) is 6.18. The molecule has 1 aromatic rings. The van der Waals surface area contributed by atoms with E-state index in [0.717, 1.165) is 19.4 Å². The Morgan fingerprint density at radius 3 is 2.94 bits per heavy atom. The van der Waals surface area contributed by atoms with E-state index in [1.54, 1.807) is 6.20 Å². The first-order valence-electron chi connectivity index (χ1n) is 5.20. The Bertz CT molecular complexity index is 345. The predicted octanol–water partition coefficient (Wildman–Crippen LogP) is 1.07. The van der Waals surface area contributed by atoms with Gasteiger partial charge in [-0.3, -0.25) is 4.79 Å². The van der Waals surface area contributed by atoms with Crippen LogP contribution in [-0.4, -0.2) is 28.2 Å². The quantitative estimate of drug-likeness (QED) is 0.574. The fourth-order valence-electron chi connectivity index (χ4n) is 1.04. The van der Waals surface area contributed by atoms with Crippen molar-refractivity contribution in [2.24, 2.45) is 0 Å². The number of nitrogens with zero attached hydrogens (tertiary/aromatic N) is 2. The molecule has 0 aliphatic carbocycles. The number of carbonyl (C=O) groups excluding carboxylic acids is 1. The van der Waals surface area contributed by atoms with Crippen molar-refractivity contribution in [1.29, 1.82) is 0 Å². The Kier molecular flexibility index (Phi) is 5.63. The van der Waals surface area contributed by atoms with Gasteiger partial charge in [-0.1, -0.05) is 25.1 Å². The van der Waals surface area contributed by atoms with E-state index in [0.29, 0.717) is 16.6 Å². The van der Waals surface area contributed by atoms with Gasteiger partial charge in [0.1, 0.15) is 5.03 Å². The van der Waals surface area contributed by atoms with E-state index in [2.05, 4.69) is 22.2 Å². The summed E-state index contributed by atoms with van der Waals surface area (Å²) in [4.78, 5) is 19.3. The van der Waals surface area contributed by atoms with Crippen LogP contribution >= 0.6 is 11.8 Å². The maximum atomic E-state index is 11.4. The standard InChI is InChI=1S/C10H16N4OS/c1-2-3-4-12-8(15)7-16-10-9(11)13-5-6-14-10/h5-6H,2-4,7H2,1H3,(H2,11,13)(H,12,15). The van der Waals surface area contributed by atoms with E-state index >= 15 is 0 Å². The number of rotatable bonds is 6. The zero-order valence-electron chi connectivity index (χ0n) is 9.27. The fourth-order valence-corrected chi connectivity index (χ4v) is 1.74. The Balaban J connectivity index is 2.29. The van der Waals surface area contributed by atoms with Crippen LogP contribution in [0.15, 0.2) is 17.4 Å². The van der Waals surface area contributed by atoms with Gasteiger partial charge in [0.05, 0.1) is 5.75 Å². The van der Waals surface area contributed by atoms with Crippen LogP contribution in [0.1, 0.15) is 19.8 Å². The minimum atomic E-state index is 0.00324. The molecule has 0 aromatic carbocycles. The number of hydrogen-bond acceptors (Lipinski definition) is 5. The molecule has 0 radical (unpaired) electrons. The number of anilines is 1. The minimum absolute atomic E-state index is 0.00324. The van der Waals surface area contributed by atoms with Gasteiger partial charge in [-0.05, 0) is 6.42 Å². The lowest BCUT2D eigenvalue weighted by Crippen LogP contribution is -2.26. The molecule has 0 atom stereocenters. The van der Waals surface area contributed by atoms with Crippen LogP contribution in [0.2, 0.25) is 0 Å². The van der Waals surface area contributed by atoms with Crippen LogP contribution in [0.3, 0.4) is 0 Å². The van der Waals surface area contributed by atoms with Gasteiger partial charge in [-0.25, -0.2) is 9.97 Å². The molecule has 1 aromatic heterocycles. The van der Waals surface area contributed by atoms with Gasteiger partial charge in [-0.2, -0.15) is 0 Å². The van der Waals surface area contributed by atoms with Gasteiger partial charge >= 0.3 is 0 Å². The Labute approximate surface area is 99.2 Å². The molecule has 16 heavy (non-hydrogen) atoms. The molecule has 0 fully saturated rings. The van der Waals surface area contributed by atoms with Crippen LogP contribution in [-0.2, 0) is 4.79 Å². The zero-order chi connectivity index (χ0) is 11.8. The van der Waals surface area contributed by atoms with Crippen LogP contribution in [0.25, 0.3) is 0 Å². The molecule has 1 rings (SSSR count). The van der Waals surface area contributed by atoms with Gasteiger partial charge in [-0.15, -0.1) is 0 Å². The van der Waals surface area contributed by atoms with E-state index in [9.17, 15) is 4.79 Å². The van der Waals surface area contributed by atoms with E-state index < -0.39 is 0 Å². The Morgan fingerprint density at radius 2 is 2.25 bits per heavy atom. The molecule has 0 aliphatic rings. The largest absolute Gasteiger partial charge is 0.381 e. The van der Waals surface area contributed by atoms with E-state index in [-0.39, 0.29) is 5.91 Å². The average molecular weight is 240 g/mol. The summed E-state index contributed by atoms with van der Waals surface area (Å²) in [6.45, 7) is 2.81. The monoisotopic (exact) mass is 240 g/mol. The van der Waals surface area contributed by atoms with Crippen LogP contribution in [0.4, 0.5) is 5.82 Å². The molecule has 0 unspecified atom stereocenters. The van der Waals surface area contributed by atoms with Gasteiger partial charge in [0.2, 0.25) is 5.91 Å². The molecule has 6 heteroatoms. The highest BCUT2D eigenvalue weighted by Crippen LogP contribution is 2.18. The normalized spacial score (nSPS) is 10.1. The molecule has 5 nitrogen and oxygen atoms in total. The lowest BCUT2D eigenvalue weighted by atomic mass is 10.3. The summed E-state index contributed by atoms with van der Waals surface area (Å²) in [5, 5.41) is 3.43. The predicted molar refractivity (Wildman–Crippen MR) is 65.1 cm³/mol. The maximum absolute atomic E-state index is 11.4. The summed E-state index contributed by atoms with van der Waals surface area (Å²) >= 11 is 1.30. The highest BCUT2D eigenvalue weighted by atomic mass is 32.2. The number of nitrogen functional groups attached to an aromatic ring is 1. The Morgan fingerprint density at radius 1 is 1.50 bits per heavy atom. The molecular formula is C10H16N4OS. The van der Waals surface area contributed by atoms with Crippen molar-refractivity contribution in [2.45, 2.75) is 24.8 Å². The summed E-state index contributed by atoms with van der Waals surface area (Å²) in [6.07, 6.45) is 5.17. The number of nitrogens with one attached hydrogen (secondary N) is 1.